The number of anilines is 1. The Hall–Kier alpha value is -3.58. The molecule has 40 heavy (non-hydrogen) atoms. The SMILES string of the molecule is CCN1C2=C(C(=O)CCC2)C(c2cc(Cl)c(OCC(=O)Nc3ccc(C)cc3C)c(OC)c2)C2=C1CCCC2=O. The molecule has 3 aliphatic rings. The quantitative estimate of drug-likeness (QED) is 0.419. The second-order valence-electron chi connectivity index (χ2n) is 10.6. The highest BCUT2D eigenvalue weighted by atomic mass is 35.5. The van der Waals surface area contributed by atoms with Gasteiger partial charge in [0.05, 0.1) is 12.1 Å². The predicted molar refractivity (Wildman–Crippen MR) is 155 cm³/mol. The summed E-state index contributed by atoms with van der Waals surface area (Å²) in [5.41, 5.74) is 6.94. The van der Waals surface area contributed by atoms with Gasteiger partial charge in [-0.25, -0.2) is 0 Å². The van der Waals surface area contributed by atoms with Crippen LogP contribution in [0.1, 0.15) is 68.1 Å². The van der Waals surface area contributed by atoms with Crippen molar-refractivity contribution in [3.8, 4) is 11.5 Å². The molecule has 5 rings (SSSR count). The van der Waals surface area contributed by atoms with Crippen LogP contribution in [0.5, 0.6) is 11.5 Å². The molecule has 0 bridgehead atoms. The molecule has 1 aliphatic heterocycles. The van der Waals surface area contributed by atoms with E-state index in [0.717, 1.165) is 53.8 Å². The Morgan fingerprint density at radius 1 is 1.00 bits per heavy atom. The van der Waals surface area contributed by atoms with Crippen LogP contribution in [0, 0.1) is 13.8 Å². The molecule has 0 radical (unpaired) electrons. The molecule has 2 aromatic carbocycles. The van der Waals surface area contributed by atoms with Crippen molar-refractivity contribution >= 4 is 34.8 Å². The number of Topliss-reactive ketones (excluding diaryl/α,β-unsaturated/α-hetero) is 2. The minimum absolute atomic E-state index is 0.0770. The van der Waals surface area contributed by atoms with Crippen LogP contribution in [0.25, 0.3) is 0 Å². The average Bonchev–Trinajstić information content (AvgIpc) is 2.92. The minimum Gasteiger partial charge on any atom is -0.493 e. The van der Waals surface area contributed by atoms with Gasteiger partial charge in [-0.1, -0.05) is 29.3 Å². The topological polar surface area (TPSA) is 84.9 Å². The number of carbonyl (C=O) groups excluding carboxylic acids is 3. The van der Waals surface area contributed by atoms with E-state index >= 15 is 0 Å². The highest BCUT2D eigenvalue weighted by Gasteiger charge is 2.43. The normalized spacial score (nSPS) is 17.6. The summed E-state index contributed by atoms with van der Waals surface area (Å²) in [6.07, 6.45) is 4.14. The lowest BCUT2D eigenvalue weighted by Gasteiger charge is -2.43. The van der Waals surface area contributed by atoms with Crippen molar-refractivity contribution in [1.29, 1.82) is 0 Å². The van der Waals surface area contributed by atoms with Crippen LogP contribution in [-0.2, 0) is 14.4 Å². The second-order valence-corrected chi connectivity index (χ2v) is 11.0. The molecule has 0 saturated heterocycles. The number of ether oxygens (including phenoxy) is 2. The first kappa shape index (κ1) is 28.0. The van der Waals surface area contributed by atoms with E-state index in [1.54, 1.807) is 12.1 Å². The lowest BCUT2D eigenvalue weighted by atomic mass is 9.71. The molecule has 8 heteroatoms. The molecule has 1 amide bonds. The summed E-state index contributed by atoms with van der Waals surface area (Å²) < 4.78 is 11.5. The Bertz CT molecular complexity index is 1410. The Balaban J connectivity index is 1.48. The summed E-state index contributed by atoms with van der Waals surface area (Å²) >= 11 is 6.75. The van der Waals surface area contributed by atoms with Gasteiger partial charge < -0.3 is 19.7 Å². The molecule has 7 nitrogen and oxygen atoms in total. The summed E-state index contributed by atoms with van der Waals surface area (Å²) in [4.78, 5) is 41.6. The number of nitrogens with zero attached hydrogens (tertiary/aromatic N) is 1. The van der Waals surface area contributed by atoms with E-state index in [0.29, 0.717) is 42.0 Å². The third kappa shape index (κ3) is 5.15. The number of halogens is 1. The summed E-state index contributed by atoms with van der Waals surface area (Å²) in [5, 5.41) is 3.12. The number of benzene rings is 2. The van der Waals surface area contributed by atoms with E-state index < -0.39 is 5.92 Å². The van der Waals surface area contributed by atoms with Crippen molar-refractivity contribution in [1.82, 2.24) is 4.90 Å². The summed E-state index contributed by atoms with van der Waals surface area (Å²) in [5.74, 6) is -0.0900. The highest BCUT2D eigenvalue weighted by Crippen LogP contribution is 2.51. The van der Waals surface area contributed by atoms with Gasteiger partial charge in [-0.2, -0.15) is 0 Å². The summed E-state index contributed by atoms with van der Waals surface area (Å²) in [7, 11) is 1.50. The number of hydrogen-bond donors (Lipinski definition) is 1. The van der Waals surface area contributed by atoms with Gasteiger partial charge in [0.25, 0.3) is 5.91 Å². The number of allylic oxidation sites excluding steroid dienone is 4. The molecular formula is C32H35ClN2O5. The van der Waals surface area contributed by atoms with E-state index in [1.165, 1.54) is 7.11 Å². The zero-order valence-corrected chi connectivity index (χ0v) is 24.2. The number of rotatable bonds is 7. The first-order chi connectivity index (χ1) is 19.2. The van der Waals surface area contributed by atoms with E-state index in [1.807, 2.05) is 32.0 Å². The molecule has 0 aromatic heterocycles. The van der Waals surface area contributed by atoms with Crippen LogP contribution in [0.4, 0.5) is 5.69 Å². The van der Waals surface area contributed by atoms with Gasteiger partial charge in [0.2, 0.25) is 0 Å². The van der Waals surface area contributed by atoms with Gasteiger partial charge >= 0.3 is 0 Å². The molecule has 210 valence electrons. The monoisotopic (exact) mass is 562 g/mol. The molecule has 2 aliphatic carbocycles. The van der Waals surface area contributed by atoms with Gasteiger partial charge in [0.1, 0.15) is 0 Å². The Morgan fingerprint density at radius 3 is 2.23 bits per heavy atom. The zero-order chi connectivity index (χ0) is 28.6. The first-order valence-electron chi connectivity index (χ1n) is 13.9. The van der Waals surface area contributed by atoms with Gasteiger partial charge in [-0.05, 0) is 75.8 Å². The number of amides is 1. The van der Waals surface area contributed by atoms with E-state index in [9.17, 15) is 14.4 Å². The Kier molecular flexibility index (Phi) is 8.04. The van der Waals surface area contributed by atoms with Crippen molar-refractivity contribution in [2.75, 3.05) is 25.6 Å². The van der Waals surface area contributed by atoms with Crippen LogP contribution in [0.2, 0.25) is 5.02 Å². The van der Waals surface area contributed by atoms with Gasteiger partial charge in [0.15, 0.2) is 29.7 Å². The fourth-order valence-corrected chi connectivity index (χ4v) is 6.53. The fourth-order valence-electron chi connectivity index (χ4n) is 6.26. The number of aryl methyl sites for hydroxylation is 2. The number of methoxy groups -OCH3 is 1. The minimum atomic E-state index is -0.498. The van der Waals surface area contributed by atoms with Crippen molar-refractivity contribution in [2.24, 2.45) is 0 Å². The molecular weight excluding hydrogens is 528 g/mol. The highest BCUT2D eigenvalue weighted by molar-refractivity contribution is 6.32. The third-order valence-corrected chi connectivity index (χ3v) is 8.27. The van der Waals surface area contributed by atoms with Gasteiger partial charge in [0, 0.05) is 53.5 Å². The maximum absolute atomic E-state index is 13.4. The molecule has 0 spiro atoms. The van der Waals surface area contributed by atoms with Crippen molar-refractivity contribution in [2.45, 2.75) is 65.2 Å². The largest absolute Gasteiger partial charge is 0.493 e. The van der Waals surface area contributed by atoms with E-state index in [-0.39, 0.29) is 34.9 Å². The predicted octanol–water partition coefficient (Wildman–Crippen LogP) is 6.42. The molecule has 1 heterocycles. The standard InChI is InChI=1S/C32H35ClN2O5/c1-5-35-23-8-6-10-25(36)30(23)29(31-24(35)9-7-11-26(31)37)20-15-21(33)32(27(16-20)39-4)40-17-28(38)34-22-13-12-18(2)14-19(22)3/h12-16,29H,5-11,17H2,1-4H3,(H,34,38). The lowest BCUT2D eigenvalue weighted by Crippen LogP contribution is -2.39. The summed E-state index contributed by atoms with van der Waals surface area (Å²) in [6, 6.07) is 9.32. The molecule has 0 saturated carbocycles. The van der Waals surface area contributed by atoms with Crippen molar-refractivity contribution < 1.29 is 23.9 Å². The van der Waals surface area contributed by atoms with Crippen molar-refractivity contribution in [3.63, 3.8) is 0 Å². The maximum atomic E-state index is 13.4. The second kappa shape index (κ2) is 11.5. The van der Waals surface area contributed by atoms with Crippen LogP contribution in [0.3, 0.4) is 0 Å². The molecule has 2 aromatic rings. The van der Waals surface area contributed by atoms with Crippen LogP contribution >= 0.6 is 11.6 Å². The fraction of sp³-hybridized carbons (Fsp3) is 0.406. The van der Waals surface area contributed by atoms with Crippen molar-refractivity contribution in [3.05, 3.63) is 74.6 Å². The van der Waals surface area contributed by atoms with E-state index in [2.05, 4.69) is 17.1 Å². The number of nitrogens with one attached hydrogen (secondary N) is 1. The molecule has 0 atom stereocenters. The van der Waals surface area contributed by atoms with Crippen LogP contribution in [-0.4, -0.2) is 42.6 Å². The van der Waals surface area contributed by atoms with E-state index in [4.69, 9.17) is 21.1 Å². The number of carbonyl (C=O) groups is 3. The smallest absolute Gasteiger partial charge is 0.262 e. The number of hydrogen-bond acceptors (Lipinski definition) is 6. The Morgan fingerprint density at radius 2 is 1.65 bits per heavy atom. The third-order valence-electron chi connectivity index (χ3n) is 7.99. The first-order valence-corrected chi connectivity index (χ1v) is 14.3. The Labute approximate surface area is 240 Å². The molecule has 1 N–H and O–H groups in total. The summed E-state index contributed by atoms with van der Waals surface area (Å²) in [6.45, 7) is 6.44. The zero-order valence-electron chi connectivity index (χ0n) is 23.5. The maximum Gasteiger partial charge on any atom is 0.262 e. The number of ketones is 2. The van der Waals surface area contributed by atoms with Gasteiger partial charge in [-0.15, -0.1) is 0 Å². The molecule has 0 fully saturated rings. The van der Waals surface area contributed by atoms with Crippen LogP contribution < -0.4 is 14.8 Å². The lowest BCUT2D eigenvalue weighted by molar-refractivity contribution is -0.118. The molecule has 0 unspecified atom stereocenters. The van der Waals surface area contributed by atoms with Crippen LogP contribution in [0.15, 0.2) is 52.9 Å². The van der Waals surface area contributed by atoms with Gasteiger partial charge in [-0.3, -0.25) is 14.4 Å². The average molecular weight is 563 g/mol.